The summed E-state index contributed by atoms with van der Waals surface area (Å²) in [5, 5.41) is 7.29. The number of fused-ring (bicyclic) bond motifs is 1. The first kappa shape index (κ1) is 16.2. The second kappa shape index (κ2) is 6.86. The maximum absolute atomic E-state index is 12.5. The molecule has 0 aliphatic carbocycles. The molecular formula is C18H22N4O2. The molecule has 6 nitrogen and oxygen atoms in total. The molecule has 0 bridgehead atoms. The highest BCUT2D eigenvalue weighted by molar-refractivity contribution is 6.00. The highest BCUT2D eigenvalue weighted by Crippen LogP contribution is 2.24. The van der Waals surface area contributed by atoms with Crippen molar-refractivity contribution in [3.63, 3.8) is 0 Å². The third-order valence-corrected chi connectivity index (χ3v) is 4.26. The van der Waals surface area contributed by atoms with Gasteiger partial charge in [-0.2, -0.15) is 5.10 Å². The summed E-state index contributed by atoms with van der Waals surface area (Å²) in [6.07, 6.45) is 1.14. The summed E-state index contributed by atoms with van der Waals surface area (Å²) in [5.74, 6) is 0.522. The molecule has 2 aromatic rings. The first-order valence-electron chi connectivity index (χ1n) is 8.24. The molecule has 3 rings (SSSR count). The van der Waals surface area contributed by atoms with Crippen molar-refractivity contribution in [1.29, 1.82) is 0 Å². The number of amides is 2. The van der Waals surface area contributed by atoms with Crippen LogP contribution in [-0.4, -0.2) is 34.2 Å². The molecule has 1 N–H and O–H groups in total. The Morgan fingerprint density at radius 2 is 2.08 bits per heavy atom. The molecule has 1 aromatic carbocycles. The fourth-order valence-electron chi connectivity index (χ4n) is 2.99. The second-order valence-electron chi connectivity index (χ2n) is 6.08. The van der Waals surface area contributed by atoms with Crippen LogP contribution in [0.15, 0.2) is 36.4 Å². The minimum absolute atomic E-state index is 0.0342. The standard InChI is InChI=1S/C18H22N4O2/c1-13-12-16-21(20-13)11-9-17(23)22(16)14(2)18(24)19-10-8-15-6-4-3-5-7-15/h3-7,12,14H,8-11H2,1-2H3,(H,19,24)/t14-/m1/s1. The lowest BCUT2D eigenvalue weighted by atomic mass is 10.1. The lowest BCUT2D eigenvalue weighted by Crippen LogP contribution is -2.51. The maximum atomic E-state index is 12.5. The highest BCUT2D eigenvalue weighted by Gasteiger charge is 2.32. The summed E-state index contributed by atoms with van der Waals surface area (Å²) in [5.41, 5.74) is 2.02. The summed E-state index contributed by atoms with van der Waals surface area (Å²) >= 11 is 0. The minimum atomic E-state index is -0.552. The molecule has 0 saturated heterocycles. The van der Waals surface area contributed by atoms with E-state index < -0.39 is 6.04 Å². The average Bonchev–Trinajstić information content (AvgIpc) is 2.95. The van der Waals surface area contributed by atoms with Crippen LogP contribution in [0.5, 0.6) is 0 Å². The average molecular weight is 326 g/mol. The molecule has 1 aliphatic rings. The van der Waals surface area contributed by atoms with Crippen LogP contribution in [0.1, 0.15) is 24.6 Å². The number of nitrogens with one attached hydrogen (secondary N) is 1. The van der Waals surface area contributed by atoms with Crippen LogP contribution in [0.4, 0.5) is 5.82 Å². The zero-order valence-electron chi connectivity index (χ0n) is 14.0. The fourth-order valence-corrected chi connectivity index (χ4v) is 2.99. The number of benzene rings is 1. The van der Waals surface area contributed by atoms with Gasteiger partial charge in [-0.05, 0) is 25.8 Å². The van der Waals surface area contributed by atoms with Gasteiger partial charge in [-0.3, -0.25) is 14.5 Å². The molecule has 0 unspecified atom stereocenters. The van der Waals surface area contributed by atoms with E-state index in [-0.39, 0.29) is 11.8 Å². The van der Waals surface area contributed by atoms with Crippen molar-refractivity contribution in [2.75, 3.05) is 11.4 Å². The van der Waals surface area contributed by atoms with E-state index in [1.165, 1.54) is 5.56 Å². The van der Waals surface area contributed by atoms with Crippen LogP contribution >= 0.6 is 0 Å². The van der Waals surface area contributed by atoms with Crippen molar-refractivity contribution in [1.82, 2.24) is 15.1 Å². The molecule has 1 atom stereocenters. The van der Waals surface area contributed by atoms with Crippen LogP contribution in [0.25, 0.3) is 0 Å². The zero-order valence-corrected chi connectivity index (χ0v) is 14.0. The number of aryl methyl sites for hydroxylation is 2. The molecule has 1 aromatic heterocycles. The molecule has 0 spiro atoms. The summed E-state index contributed by atoms with van der Waals surface area (Å²) in [4.78, 5) is 26.3. The van der Waals surface area contributed by atoms with E-state index in [1.807, 2.05) is 43.3 Å². The van der Waals surface area contributed by atoms with Crippen molar-refractivity contribution in [2.24, 2.45) is 0 Å². The number of nitrogens with zero attached hydrogens (tertiary/aromatic N) is 3. The van der Waals surface area contributed by atoms with Crippen LogP contribution in [0.3, 0.4) is 0 Å². The third-order valence-electron chi connectivity index (χ3n) is 4.26. The minimum Gasteiger partial charge on any atom is -0.354 e. The molecular weight excluding hydrogens is 304 g/mol. The Balaban J connectivity index is 1.64. The SMILES string of the molecule is Cc1cc2n(n1)CCC(=O)N2[C@H](C)C(=O)NCCc1ccccc1. The van der Waals surface area contributed by atoms with Crippen molar-refractivity contribution in [2.45, 2.75) is 39.3 Å². The second-order valence-corrected chi connectivity index (χ2v) is 6.08. The number of rotatable bonds is 5. The first-order valence-corrected chi connectivity index (χ1v) is 8.24. The van der Waals surface area contributed by atoms with E-state index in [0.29, 0.717) is 25.3 Å². The smallest absolute Gasteiger partial charge is 0.242 e. The lowest BCUT2D eigenvalue weighted by molar-refractivity contribution is -0.126. The van der Waals surface area contributed by atoms with Gasteiger partial charge in [-0.25, -0.2) is 4.68 Å². The molecule has 126 valence electrons. The number of carbonyl (C=O) groups excluding carboxylic acids is 2. The molecule has 2 heterocycles. The van der Waals surface area contributed by atoms with E-state index in [4.69, 9.17) is 0 Å². The van der Waals surface area contributed by atoms with Crippen molar-refractivity contribution >= 4 is 17.6 Å². The van der Waals surface area contributed by atoms with E-state index in [9.17, 15) is 9.59 Å². The number of anilines is 1. The third kappa shape index (κ3) is 3.32. The van der Waals surface area contributed by atoms with Gasteiger partial charge in [0.15, 0.2) is 0 Å². The number of aromatic nitrogens is 2. The summed E-state index contributed by atoms with van der Waals surface area (Å²) in [6.45, 7) is 4.76. The molecule has 24 heavy (non-hydrogen) atoms. The van der Waals surface area contributed by atoms with Crippen LogP contribution in [0, 0.1) is 6.92 Å². The molecule has 1 aliphatic heterocycles. The van der Waals surface area contributed by atoms with Gasteiger partial charge < -0.3 is 5.32 Å². The topological polar surface area (TPSA) is 67.2 Å². The lowest BCUT2D eigenvalue weighted by Gasteiger charge is -2.31. The van der Waals surface area contributed by atoms with Gasteiger partial charge >= 0.3 is 0 Å². The predicted octanol–water partition coefficient (Wildman–Crippen LogP) is 1.68. The van der Waals surface area contributed by atoms with Crippen molar-refractivity contribution in [3.8, 4) is 0 Å². The van der Waals surface area contributed by atoms with E-state index in [0.717, 1.165) is 12.1 Å². The quantitative estimate of drug-likeness (QED) is 0.909. The first-order chi connectivity index (χ1) is 11.6. The molecule has 0 saturated carbocycles. The Hall–Kier alpha value is -2.63. The Morgan fingerprint density at radius 1 is 1.33 bits per heavy atom. The highest BCUT2D eigenvalue weighted by atomic mass is 16.2. The van der Waals surface area contributed by atoms with Gasteiger partial charge in [0.05, 0.1) is 12.2 Å². The van der Waals surface area contributed by atoms with Gasteiger partial charge in [0.2, 0.25) is 11.8 Å². The van der Waals surface area contributed by atoms with E-state index in [1.54, 1.807) is 16.5 Å². The fraction of sp³-hybridized carbons (Fsp3) is 0.389. The molecule has 0 radical (unpaired) electrons. The Bertz CT molecular complexity index is 739. The van der Waals surface area contributed by atoms with Gasteiger partial charge in [0.1, 0.15) is 11.9 Å². The van der Waals surface area contributed by atoms with Gasteiger partial charge in [-0.15, -0.1) is 0 Å². The van der Waals surface area contributed by atoms with Crippen molar-refractivity contribution in [3.05, 3.63) is 47.7 Å². The predicted molar refractivity (Wildman–Crippen MR) is 91.7 cm³/mol. The molecule has 6 heteroatoms. The van der Waals surface area contributed by atoms with Crippen LogP contribution < -0.4 is 10.2 Å². The summed E-state index contributed by atoms with van der Waals surface area (Å²) in [7, 11) is 0. The Labute approximate surface area is 141 Å². The molecule has 2 amide bonds. The van der Waals surface area contributed by atoms with Gasteiger partial charge in [0, 0.05) is 19.0 Å². The molecule has 0 fully saturated rings. The number of carbonyl (C=O) groups is 2. The Morgan fingerprint density at radius 3 is 2.83 bits per heavy atom. The largest absolute Gasteiger partial charge is 0.354 e. The monoisotopic (exact) mass is 326 g/mol. The Kier molecular flexibility index (Phi) is 4.64. The summed E-state index contributed by atoms with van der Waals surface area (Å²) in [6, 6.07) is 11.3. The maximum Gasteiger partial charge on any atom is 0.242 e. The van der Waals surface area contributed by atoms with Crippen LogP contribution in [-0.2, 0) is 22.6 Å². The normalized spacial score (nSPS) is 15.1. The van der Waals surface area contributed by atoms with Gasteiger partial charge in [-0.1, -0.05) is 30.3 Å². The van der Waals surface area contributed by atoms with Crippen molar-refractivity contribution < 1.29 is 9.59 Å². The van der Waals surface area contributed by atoms with E-state index in [2.05, 4.69) is 10.4 Å². The number of hydrogen-bond donors (Lipinski definition) is 1. The number of hydrogen-bond acceptors (Lipinski definition) is 3. The summed E-state index contributed by atoms with van der Waals surface area (Å²) < 4.78 is 1.80. The van der Waals surface area contributed by atoms with Crippen LogP contribution in [0.2, 0.25) is 0 Å². The van der Waals surface area contributed by atoms with E-state index >= 15 is 0 Å². The zero-order chi connectivity index (χ0) is 17.1. The van der Waals surface area contributed by atoms with Gasteiger partial charge in [0.25, 0.3) is 0 Å².